The summed E-state index contributed by atoms with van der Waals surface area (Å²) in [5, 5.41) is 3.18. The number of urea groups is 1. The molecular formula is C16H18N2OS2. The lowest BCUT2D eigenvalue weighted by Crippen LogP contribution is -2.34. The number of carbonyl (C=O) groups is 1. The van der Waals surface area contributed by atoms with Crippen molar-refractivity contribution in [1.82, 2.24) is 4.90 Å². The summed E-state index contributed by atoms with van der Waals surface area (Å²) in [4.78, 5) is 17.0. The van der Waals surface area contributed by atoms with Gasteiger partial charge >= 0.3 is 6.03 Å². The maximum absolute atomic E-state index is 12.6. The number of hydrogen-bond donors (Lipinski definition) is 1. The van der Waals surface area contributed by atoms with Crippen LogP contribution in [0, 0.1) is 13.8 Å². The topological polar surface area (TPSA) is 32.3 Å². The maximum atomic E-state index is 12.6. The fourth-order valence-electron chi connectivity index (χ4n) is 2.40. The molecular weight excluding hydrogens is 300 g/mol. The fourth-order valence-corrected chi connectivity index (χ4v) is 4.77. The quantitative estimate of drug-likeness (QED) is 0.874. The number of carbonyl (C=O) groups excluding carboxylic acids is 1. The molecule has 2 aromatic rings. The van der Waals surface area contributed by atoms with Crippen molar-refractivity contribution in [3.8, 4) is 0 Å². The van der Waals surface area contributed by atoms with E-state index in [-0.39, 0.29) is 11.4 Å². The summed E-state index contributed by atoms with van der Waals surface area (Å²) in [6.45, 7) is 4.91. The van der Waals surface area contributed by atoms with Gasteiger partial charge in [0.2, 0.25) is 0 Å². The molecule has 1 fully saturated rings. The average molecular weight is 318 g/mol. The number of aryl methyl sites for hydroxylation is 2. The van der Waals surface area contributed by atoms with E-state index in [1.165, 1.54) is 9.75 Å². The van der Waals surface area contributed by atoms with Crippen LogP contribution in [-0.4, -0.2) is 23.2 Å². The van der Waals surface area contributed by atoms with Crippen LogP contribution in [0.25, 0.3) is 0 Å². The van der Waals surface area contributed by atoms with Gasteiger partial charge in [-0.1, -0.05) is 18.2 Å². The Balaban J connectivity index is 1.76. The molecule has 21 heavy (non-hydrogen) atoms. The molecule has 0 bridgehead atoms. The van der Waals surface area contributed by atoms with Crippen molar-refractivity contribution in [3.63, 3.8) is 0 Å². The first-order valence-electron chi connectivity index (χ1n) is 6.96. The van der Waals surface area contributed by atoms with Crippen LogP contribution in [-0.2, 0) is 0 Å². The van der Waals surface area contributed by atoms with Crippen LogP contribution in [0.4, 0.5) is 10.5 Å². The summed E-state index contributed by atoms with van der Waals surface area (Å²) in [7, 11) is 0. The molecule has 0 unspecified atom stereocenters. The molecule has 1 atom stereocenters. The second-order valence-electron chi connectivity index (χ2n) is 5.11. The molecule has 3 nitrogen and oxygen atoms in total. The Bertz CT molecular complexity index is 653. The van der Waals surface area contributed by atoms with E-state index in [0.717, 1.165) is 23.5 Å². The van der Waals surface area contributed by atoms with Crippen molar-refractivity contribution < 1.29 is 4.79 Å². The molecule has 1 aromatic heterocycles. The Morgan fingerprint density at radius 1 is 1.24 bits per heavy atom. The van der Waals surface area contributed by atoms with Gasteiger partial charge in [0.25, 0.3) is 0 Å². The normalized spacial score (nSPS) is 18.0. The van der Waals surface area contributed by atoms with E-state index in [4.69, 9.17) is 0 Å². The van der Waals surface area contributed by atoms with Gasteiger partial charge in [-0.2, -0.15) is 0 Å². The third kappa shape index (κ3) is 3.09. The minimum atomic E-state index is -0.00893. The lowest BCUT2D eigenvalue weighted by molar-refractivity contribution is 0.215. The lowest BCUT2D eigenvalue weighted by atomic mass is 10.2. The first-order chi connectivity index (χ1) is 10.1. The number of thiophene rings is 1. The first-order valence-corrected chi connectivity index (χ1v) is 8.83. The molecule has 0 saturated carbocycles. The molecule has 5 heteroatoms. The molecule has 1 saturated heterocycles. The van der Waals surface area contributed by atoms with Gasteiger partial charge in [-0.15, -0.1) is 23.1 Å². The fraction of sp³-hybridized carbons (Fsp3) is 0.312. The van der Waals surface area contributed by atoms with Gasteiger partial charge in [0.15, 0.2) is 0 Å². The molecule has 0 radical (unpaired) electrons. The van der Waals surface area contributed by atoms with Crippen molar-refractivity contribution >= 4 is 34.8 Å². The predicted molar refractivity (Wildman–Crippen MR) is 91.2 cm³/mol. The van der Waals surface area contributed by atoms with Gasteiger partial charge < -0.3 is 10.2 Å². The minimum Gasteiger partial charge on any atom is -0.308 e. The Labute approximate surface area is 133 Å². The number of anilines is 1. The maximum Gasteiger partial charge on any atom is 0.323 e. The predicted octanol–water partition coefficient (Wildman–Crippen LogP) is 4.64. The second-order valence-corrected chi connectivity index (χ2v) is 7.62. The highest BCUT2D eigenvalue weighted by Crippen LogP contribution is 2.41. The molecule has 1 aromatic carbocycles. The summed E-state index contributed by atoms with van der Waals surface area (Å²) >= 11 is 3.61. The standard InChI is InChI=1S/C16H18N2OS2/c1-11-5-3-4-6-13(11)17-16(19)18-9-10-20-15(18)14-8-7-12(2)21-14/h3-8,15H,9-10H2,1-2H3,(H,17,19)/t15-/m1/s1. The summed E-state index contributed by atoms with van der Waals surface area (Å²) in [5.74, 6) is 0.989. The van der Waals surface area contributed by atoms with Gasteiger partial charge in [-0.25, -0.2) is 4.79 Å². The van der Waals surface area contributed by atoms with Crippen molar-refractivity contribution in [2.75, 3.05) is 17.6 Å². The van der Waals surface area contributed by atoms with Gasteiger partial charge in [-0.3, -0.25) is 0 Å². The van der Waals surface area contributed by atoms with Gasteiger partial charge in [-0.05, 0) is 37.6 Å². The molecule has 1 aliphatic rings. The van der Waals surface area contributed by atoms with Gasteiger partial charge in [0.05, 0.1) is 0 Å². The van der Waals surface area contributed by atoms with E-state index < -0.39 is 0 Å². The Morgan fingerprint density at radius 2 is 2.05 bits per heavy atom. The van der Waals surface area contributed by atoms with Crippen LogP contribution in [0.1, 0.15) is 20.7 Å². The zero-order chi connectivity index (χ0) is 14.8. The van der Waals surface area contributed by atoms with Crippen LogP contribution in [0.2, 0.25) is 0 Å². The third-order valence-corrected chi connectivity index (χ3v) is 5.99. The SMILES string of the molecule is Cc1ccc([C@H]2SCCN2C(=O)Nc2ccccc2C)s1. The average Bonchev–Trinajstić information content (AvgIpc) is 3.09. The molecule has 110 valence electrons. The summed E-state index contributed by atoms with van der Waals surface area (Å²) < 4.78 is 0. The Morgan fingerprint density at radius 3 is 2.76 bits per heavy atom. The number of nitrogens with one attached hydrogen (secondary N) is 1. The number of thioether (sulfide) groups is 1. The molecule has 3 rings (SSSR count). The summed E-state index contributed by atoms with van der Waals surface area (Å²) in [6, 6.07) is 12.1. The number of benzene rings is 1. The van der Waals surface area contributed by atoms with Crippen LogP contribution < -0.4 is 5.32 Å². The molecule has 2 amide bonds. The number of rotatable bonds is 2. The smallest absolute Gasteiger partial charge is 0.308 e. The van der Waals surface area contributed by atoms with Crippen LogP contribution in [0.3, 0.4) is 0 Å². The largest absolute Gasteiger partial charge is 0.323 e. The van der Waals surface area contributed by atoms with Crippen molar-refractivity contribution in [2.24, 2.45) is 0 Å². The highest BCUT2D eigenvalue weighted by Gasteiger charge is 2.31. The molecule has 1 N–H and O–H groups in total. The van der Waals surface area contributed by atoms with E-state index in [2.05, 4.69) is 24.4 Å². The Kier molecular flexibility index (Phi) is 4.22. The highest BCUT2D eigenvalue weighted by molar-refractivity contribution is 7.99. The van der Waals surface area contributed by atoms with Gasteiger partial charge in [0, 0.05) is 27.7 Å². The number of amides is 2. The van der Waals surface area contributed by atoms with Crippen LogP contribution >= 0.6 is 23.1 Å². The lowest BCUT2D eigenvalue weighted by Gasteiger charge is -2.23. The molecule has 0 spiro atoms. The third-order valence-electron chi connectivity index (χ3n) is 3.54. The molecule has 2 heterocycles. The van der Waals surface area contributed by atoms with Crippen molar-refractivity contribution in [1.29, 1.82) is 0 Å². The van der Waals surface area contributed by atoms with E-state index in [0.29, 0.717) is 0 Å². The van der Waals surface area contributed by atoms with Crippen LogP contribution in [0.5, 0.6) is 0 Å². The zero-order valence-corrected chi connectivity index (χ0v) is 13.8. The van der Waals surface area contributed by atoms with E-state index in [1.807, 2.05) is 47.9 Å². The second kappa shape index (κ2) is 6.12. The van der Waals surface area contributed by atoms with E-state index in [9.17, 15) is 4.79 Å². The molecule has 1 aliphatic heterocycles. The number of para-hydroxylation sites is 1. The van der Waals surface area contributed by atoms with Crippen LogP contribution in [0.15, 0.2) is 36.4 Å². The van der Waals surface area contributed by atoms with Crippen molar-refractivity contribution in [3.05, 3.63) is 51.7 Å². The number of nitrogens with zero attached hydrogens (tertiary/aromatic N) is 1. The van der Waals surface area contributed by atoms with Gasteiger partial charge in [0.1, 0.15) is 5.37 Å². The summed E-state index contributed by atoms with van der Waals surface area (Å²) in [6.07, 6.45) is 0. The molecule has 0 aliphatic carbocycles. The zero-order valence-electron chi connectivity index (χ0n) is 12.1. The monoisotopic (exact) mass is 318 g/mol. The van der Waals surface area contributed by atoms with E-state index in [1.54, 1.807) is 11.3 Å². The minimum absolute atomic E-state index is 0.00893. The highest BCUT2D eigenvalue weighted by atomic mass is 32.2. The number of hydrogen-bond acceptors (Lipinski definition) is 3. The van der Waals surface area contributed by atoms with E-state index >= 15 is 0 Å². The van der Waals surface area contributed by atoms with Crippen molar-refractivity contribution in [2.45, 2.75) is 19.2 Å². The first kappa shape index (κ1) is 14.5. The Hall–Kier alpha value is -1.46. The summed E-state index contributed by atoms with van der Waals surface area (Å²) in [5.41, 5.74) is 1.97.